The highest BCUT2D eigenvalue weighted by atomic mass is 16.5. The SMILES string of the molecule is C/C(=C\c1c(C)noc1C)C(C)O. The smallest absolute Gasteiger partial charge is 0.141 e. The highest BCUT2D eigenvalue weighted by molar-refractivity contribution is 5.56. The van der Waals surface area contributed by atoms with E-state index in [1.165, 1.54) is 0 Å². The fourth-order valence-electron chi connectivity index (χ4n) is 1.04. The third kappa shape index (κ3) is 2.18. The molecule has 1 heterocycles. The van der Waals surface area contributed by atoms with Gasteiger partial charge in [0.15, 0.2) is 0 Å². The second kappa shape index (κ2) is 3.75. The lowest BCUT2D eigenvalue weighted by atomic mass is 10.1. The van der Waals surface area contributed by atoms with Gasteiger partial charge in [-0.25, -0.2) is 0 Å². The molecule has 1 N–H and O–H groups in total. The molecular weight excluding hydrogens is 166 g/mol. The van der Waals surface area contributed by atoms with Crippen molar-refractivity contribution in [3.05, 3.63) is 22.6 Å². The van der Waals surface area contributed by atoms with Gasteiger partial charge >= 0.3 is 0 Å². The lowest BCUT2D eigenvalue weighted by molar-refractivity contribution is 0.232. The van der Waals surface area contributed by atoms with Crippen LogP contribution in [0.2, 0.25) is 0 Å². The number of nitrogens with zero attached hydrogens (tertiary/aromatic N) is 1. The zero-order valence-corrected chi connectivity index (χ0v) is 8.46. The Kier molecular flexibility index (Phi) is 2.88. The summed E-state index contributed by atoms with van der Waals surface area (Å²) in [7, 11) is 0. The Morgan fingerprint density at radius 1 is 1.54 bits per heavy atom. The van der Waals surface area contributed by atoms with Crippen LogP contribution in [0.15, 0.2) is 10.1 Å². The summed E-state index contributed by atoms with van der Waals surface area (Å²) in [6.07, 6.45) is 1.49. The van der Waals surface area contributed by atoms with E-state index >= 15 is 0 Å². The van der Waals surface area contributed by atoms with Crippen molar-refractivity contribution < 1.29 is 9.63 Å². The molecule has 0 saturated carbocycles. The minimum Gasteiger partial charge on any atom is -0.389 e. The number of hydrogen-bond acceptors (Lipinski definition) is 3. The molecule has 0 aromatic carbocycles. The number of aliphatic hydroxyl groups excluding tert-OH is 1. The Morgan fingerprint density at radius 3 is 2.54 bits per heavy atom. The Bertz CT molecular complexity index is 304. The number of aliphatic hydroxyl groups is 1. The van der Waals surface area contributed by atoms with E-state index in [1.54, 1.807) is 6.92 Å². The van der Waals surface area contributed by atoms with Crippen LogP contribution in [-0.4, -0.2) is 16.4 Å². The highest BCUT2D eigenvalue weighted by Crippen LogP contribution is 2.17. The van der Waals surface area contributed by atoms with Crippen LogP contribution in [0.25, 0.3) is 6.08 Å². The summed E-state index contributed by atoms with van der Waals surface area (Å²) in [6.45, 7) is 7.37. The quantitative estimate of drug-likeness (QED) is 0.759. The predicted molar refractivity (Wildman–Crippen MR) is 51.3 cm³/mol. The summed E-state index contributed by atoms with van der Waals surface area (Å²) < 4.78 is 5.00. The highest BCUT2D eigenvalue weighted by Gasteiger charge is 2.07. The second-order valence-electron chi connectivity index (χ2n) is 3.30. The molecule has 0 amide bonds. The average molecular weight is 181 g/mol. The Morgan fingerprint density at radius 2 is 2.15 bits per heavy atom. The van der Waals surface area contributed by atoms with E-state index in [2.05, 4.69) is 5.16 Å². The standard InChI is InChI=1S/C10H15NO2/c1-6(8(3)12)5-10-7(2)11-13-9(10)4/h5,8,12H,1-4H3/b6-5+. The zero-order valence-electron chi connectivity index (χ0n) is 8.46. The summed E-state index contributed by atoms with van der Waals surface area (Å²) in [6, 6.07) is 0. The molecule has 3 heteroatoms. The molecule has 1 unspecified atom stereocenters. The molecule has 0 aliphatic heterocycles. The van der Waals surface area contributed by atoms with Crippen molar-refractivity contribution in [1.82, 2.24) is 5.16 Å². The molecule has 0 spiro atoms. The van der Waals surface area contributed by atoms with E-state index in [1.807, 2.05) is 26.8 Å². The molecule has 1 rings (SSSR count). The largest absolute Gasteiger partial charge is 0.389 e. The maximum atomic E-state index is 9.28. The van der Waals surface area contributed by atoms with Crippen molar-refractivity contribution >= 4 is 6.08 Å². The second-order valence-corrected chi connectivity index (χ2v) is 3.30. The molecular formula is C10H15NO2. The van der Waals surface area contributed by atoms with Gasteiger partial charge in [-0.2, -0.15) is 0 Å². The molecule has 0 saturated heterocycles. The van der Waals surface area contributed by atoms with E-state index in [9.17, 15) is 5.11 Å². The summed E-state index contributed by atoms with van der Waals surface area (Å²) >= 11 is 0. The first-order chi connectivity index (χ1) is 6.02. The number of hydrogen-bond donors (Lipinski definition) is 1. The van der Waals surface area contributed by atoms with E-state index in [0.717, 1.165) is 22.6 Å². The summed E-state index contributed by atoms with van der Waals surface area (Å²) in [5.41, 5.74) is 2.74. The molecule has 0 aliphatic carbocycles. The van der Waals surface area contributed by atoms with Crippen LogP contribution >= 0.6 is 0 Å². The first-order valence-electron chi connectivity index (χ1n) is 4.31. The first-order valence-corrected chi connectivity index (χ1v) is 4.31. The lowest BCUT2D eigenvalue weighted by Crippen LogP contribution is -2.00. The lowest BCUT2D eigenvalue weighted by Gasteiger charge is -2.03. The van der Waals surface area contributed by atoms with Crippen LogP contribution in [0.3, 0.4) is 0 Å². The topological polar surface area (TPSA) is 46.3 Å². The van der Waals surface area contributed by atoms with Crippen molar-refractivity contribution in [3.8, 4) is 0 Å². The third-order valence-corrected chi connectivity index (χ3v) is 2.12. The molecule has 0 radical (unpaired) electrons. The molecule has 0 aliphatic rings. The van der Waals surface area contributed by atoms with Crippen molar-refractivity contribution in [3.63, 3.8) is 0 Å². The van der Waals surface area contributed by atoms with E-state index in [0.29, 0.717) is 0 Å². The number of aryl methyl sites for hydroxylation is 2. The van der Waals surface area contributed by atoms with Gasteiger partial charge in [0, 0.05) is 5.56 Å². The Labute approximate surface area is 78.1 Å². The molecule has 13 heavy (non-hydrogen) atoms. The van der Waals surface area contributed by atoms with Gasteiger partial charge in [-0.3, -0.25) is 0 Å². The fourth-order valence-corrected chi connectivity index (χ4v) is 1.04. The van der Waals surface area contributed by atoms with Gasteiger partial charge in [-0.05, 0) is 39.3 Å². The molecule has 1 aromatic rings. The van der Waals surface area contributed by atoms with Crippen molar-refractivity contribution in [2.75, 3.05) is 0 Å². The van der Waals surface area contributed by atoms with Gasteiger partial charge in [0.25, 0.3) is 0 Å². The molecule has 72 valence electrons. The van der Waals surface area contributed by atoms with Crippen LogP contribution in [0.5, 0.6) is 0 Å². The maximum absolute atomic E-state index is 9.28. The zero-order chi connectivity index (χ0) is 10.0. The third-order valence-electron chi connectivity index (χ3n) is 2.12. The molecule has 0 bridgehead atoms. The van der Waals surface area contributed by atoms with Gasteiger partial charge in [0.2, 0.25) is 0 Å². The van der Waals surface area contributed by atoms with Gasteiger partial charge in [0.05, 0.1) is 11.8 Å². The average Bonchev–Trinajstić information content (AvgIpc) is 2.35. The first kappa shape index (κ1) is 9.99. The van der Waals surface area contributed by atoms with Crippen LogP contribution in [0.1, 0.15) is 30.9 Å². The minimum absolute atomic E-state index is 0.423. The predicted octanol–water partition coefficient (Wildman–Crippen LogP) is 2.08. The maximum Gasteiger partial charge on any atom is 0.141 e. The minimum atomic E-state index is -0.423. The van der Waals surface area contributed by atoms with Crippen molar-refractivity contribution in [2.45, 2.75) is 33.8 Å². The van der Waals surface area contributed by atoms with E-state index in [4.69, 9.17) is 4.52 Å². The van der Waals surface area contributed by atoms with Gasteiger partial charge in [0.1, 0.15) is 5.76 Å². The molecule has 1 aromatic heterocycles. The number of rotatable bonds is 2. The van der Waals surface area contributed by atoms with Crippen LogP contribution in [0, 0.1) is 13.8 Å². The van der Waals surface area contributed by atoms with E-state index in [-0.39, 0.29) is 0 Å². The number of aromatic nitrogens is 1. The molecule has 1 atom stereocenters. The Balaban J connectivity index is 3.03. The van der Waals surface area contributed by atoms with Gasteiger partial charge in [-0.1, -0.05) is 5.16 Å². The monoisotopic (exact) mass is 181 g/mol. The van der Waals surface area contributed by atoms with Crippen LogP contribution in [0.4, 0.5) is 0 Å². The van der Waals surface area contributed by atoms with E-state index < -0.39 is 6.10 Å². The molecule has 3 nitrogen and oxygen atoms in total. The van der Waals surface area contributed by atoms with Gasteiger partial charge in [-0.15, -0.1) is 0 Å². The summed E-state index contributed by atoms with van der Waals surface area (Å²) in [4.78, 5) is 0. The molecule has 0 fully saturated rings. The summed E-state index contributed by atoms with van der Waals surface area (Å²) in [5, 5.41) is 13.1. The van der Waals surface area contributed by atoms with Crippen molar-refractivity contribution in [1.29, 1.82) is 0 Å². The summed E-state index contributed by atoms with van der Waals surface area (Å²) in [5.74, 6) is 0.789. The Hall–Kier alpha value is -1.09. The normalized spacial score (nSPS) is 14.7. The fraction of sp³-hybridized carbons (Fsp3) is 0.500. The van der Waals surface area contributed by atoms with Crippen LogP contribution < -0.4 is 0 Å². The van der Waals surface area contributed by atoms with Gasteiger partial charge < -0.3 is 9.63 Å². The van der Waals surface area contributed by atoms with Crippen molar-refractivity contribution in [2.24, 2.45) is 0 Å². The van der Waals surface area contributed by atoms with Crippen LogP contribution in [-0.2, 0) is 0 Å².